The van der Waals surface area contributed by atoms with Crippen molar-refractivity contribution in [2.45, 2.75) is 51.2 Å². The highest BCUT2D eigenvalue weighted by Gasteiger charge is 2.33. The van der Waals surface area contributed by atoms with Crippen molar-refractivity contribution in [3.63, 3.8) is 0 Å². The fraction of sp³-hybridized carbons (Fsp3) is 0.286. The fourth-order valence-corrected chi connectivity index (χ4v) is 5.38. The number of carbonyl (C=O) groups excluding carboxylic acids is 2. The van der Waals surface area contributed by atoms with Gasteiger partial charge in [0.2, 0.25) is 11.8 Å². The predicted octanol–water partition coefficient (Wildman–Crippen LogP) is 4.92. The molecular formula is C28H31ClFN3O4S. The molecule has 202 valence electrons. The maximum atomic E-state index is 13.8. The van der Waals surface area contributed by atoms with Gasteiger partial charge in [0, 0.05) is 17.6 Å². The number of hydrogen-bond donors (Lipinski definition) is 1. The molecule has 0 fully saturated rings. The van der Waals surface area contributed by atoms with Crippen molar-refractivity contribution in [1.29, 1.82) is 0 Å². The van der Waals surface area contributed by atoms with Crippen LogP contribution >= 0.6 is 11.6 Å². The van der Waals surface area contributed by atoms with E-state index >= 15 is 0 Å². The molecule has 0 aliphatic rings. The first-order valence-electron chi connectivity index (χ1n) is 12.1. The molecule has 0 saturated heterocycles. The Hall–Kier alpha value is -3.43. The molecule has 0 aromatic heterocycles. The lowest BCUT2D eigenvalue weighted by atomic mass is 10.1. The Morgan fingerprint density at radius 1 is 0.947 bits per heavy atom. The zero-order chi connectivity index (χ0) is 28.0. The molecule has 38 heavy (non-hydrogen) atoms. The summed E-state index contributed by atoms with van der Waals surface area (Å²) in [5.74, 6) is -1.58. The molecule has 10 heteroatoms. The van der Waals surface area contributed by atoms with Crippen molar-refractivity contribution >= 4 is 39.1 Å². The Kier molecular flexibility index (Phi) is 9.51. The van der Waals surface area contributed by atoms with Crippen LogP contribution in [0.1, 0.15) is 31.9 Å². The molecule has 0 radical (unpaired) electrons. The number of amides is 2. The fourth-order valence-electron chi connectivity index (χ4n) is 3.77. The van der Waals surface area contributed by atoms with Crippen LogP contribution < -0.4 is 9.62 Å². The van der Waals surface area contributed by atoms with Gasteiger partial charge in [-0.15, -0.1) is 0 Å². The number of nitrogens with one attached hydrogen (secondary N) is 1. The van der Waals surface area contributed by atoms with Gasteiger partial charge in [0.25, 0.3) is 10.0 Å². The summed E-state index contributed by atoms with van der Waals surface area (Å²) in [6.45, 7) is 6.44. The number of halogens is 2. The van der Waals surface area contributed by atoms with Gasteiger partial charge in [-0.05, 0) is 75.7 Å². The second-order valence-electron chi connectivity index (χ2n) is 9.25. The van der Waals surface area contributed by atoms with Crippen LogP contribution in [0.2, 0.25) is 5.02 Å². The van der Waals surface area contributed by atoms with Crippen molar-refractivity contribution in [2.75, 3.05) is 10.8 Å². The lowest BCUT2D eigenvalue weighted by Crippen LogP contribution is -2.52. The molecular weight excluding hydrogens is 529 g/mol. The molecule has 2 amide bonds. The molecule has 0 unspecified atom stereocenters. The minimum absolute atomic E-state index is 0.0104. The minimum atomic E-state index is -4.27. The van der Waals surface area contributed by atoms with Gasteiger partial charge in [-0.3, -0.25) is 13.9 Å². The average molecular weight is 560 g/mol. The SMILES string of the molecule is Cc1ccc(N(CC(=O)N(Cc2ccccc2Cl)[C@H](C)C(=O)NC(C)C)S(=O)(=O)c2ccc(F)cc2)cc1. The van der Waals surface area contributed by atoms with Crippen LogP contribution in [0.4, 0.5) is 10.1 Å². The van der Waals surface area contributed by atoms with E-state index in [4.69, 9.17) is 11.6 Å². The molecule has 3 aromatic carbocycles. The van der Waals surface area contributed by atoms with Crippen LogP contribution in [0.5, 0.6) is 0 Å². The quantitative estimate of drug-likeness (QED) is 0.382. The van der Waals surface area contributed by atoms with E-state index in [-0.39, 0.29) is 29.1 Å². The highest BCUT2D eigenvalue weighted by atomic mass is 35.5. The summed E-state index contributed by atoms with van der Waals surface area (Å²) in [7, 11) is -4.27. The number of nitrogens with zero attached hydrogens (tertiary/aromatic N) is 2. The van der Waals surface area contributed by atoms with E-state index in [9.17, 15) is 22.4 Å². The smallest absolute Gasteiger partial charge is 0.264 e. The van der Waals surface area contributed by atoms with Crippen LogP contribution in [0.25, 0.3) is 0 Å². The van der Waals surface area contributed by atoms with Crippen LogP contribution in [-0.4, -0.2) is 43.8 Å². The summed E-state index contributed by atoms with van der Waals surface area (Å²) >= 11 is 6.35. The molecule has 7 nitrogen and oxygen atoms in total. The topological polar surface area (TPSA) is 86.8 Å². The molecule has 3 aromatic rings. The number of rotatable bonds is 10. The molecule has 0 aliphatic heterocycles. The second kappa shape index (κ2) is 12.4. The van der Waals surface area contributed by atoms with E-state index in [1.807, 2.05) is 6.92 Å². The van der Waals surface area contributed by atoms with Gasteiger partial charge < -0.3 is 10.2 Å². The molecule has 0 bridgehead atoms. The van der Waals surface area contributed by atoms with Crippen LogP contribution in [-0.2, 0) is 26.2 Å². The molecule has 0 saturated carbocycles. The van der Waals surface area contributed by atoms with E-state index in [0.717, 1.165) is 34.1 Å². The summed E-state index contributed by atoms with van der Waals surface area (Å²) in [6.07, 6.45) is 0. The average Bonchev–Trinajstić information content (AvgIpc) is 2.86. The van der Waals surface area contributed by atoms with Crippen molar-refractivity contribution in [3.05, 3.63) is 94.8 Å². The summed E-state index contributed by atoms with van der Waals surface area (Å²) in [5, 5.41) is 3.21. The van der Waals surface area contributed by atoms with Crippen molar-refractivity contribution in [1.82, 2.24) is 10.2 Å². The minimum Gasteiger partial charge on any atom is -0.352 e. The van der Waals surface area contributed by atoms with Crippen LogP contribution in [0.15, 0.2) is 77.7 Å². The first kappa shape index (κ1) is 29.1. The molecule has 0 aliphatic carbocycles. The zero-order valence-corrected chi connectivity index (χ0v) is 23.3. The van der Waals surface area contributed by atoms with Gasteiger partial charge in [-0.1, -0.05) is 47.5 Å². The van der Waals surface area contributed by atoms with Gasteiger partial charge in [0.1, 0.15) is 18.4 Å². The zero-order valence-electron chi connectivity index (χ0n) is 21.7. The van der Waals surface area contributed by atoms with E-state index < -0.39 is 34.3 Å². The summed E-state index contributed by atoms with van der Waals surface area (Å²) in [6, 6.07) is 16.9. The summed E-state index contributed by atoms with van der Waals surface area (Å²) in [5.41, 5.74) is 1.76. The number of sulfonamides is 1. The van der Waals surface area contributed by atoms with Gasteiger partial charge in [0.05, 0.1) is 10.6 Å². The lowest BCUT2D eigenvalue weighted by molar-refractivity contribution is -0.139. The predicted molar refractivity (Wildman–Crippen MR) is 147 cm³/mol. The van der Waals surface area contributed by atoms with Crippen molar-refractivity contribution < 1.29 is 22.4 Å². The van der Waals surface area contributed by atoms with Gasteiger partial charge in [0.15, 0.2) is 0 Å². The number of hydrogen-bond acceptors (Lipinski definition) is 4. The number of benzene rings is 3. The largest absolute Gasteiger partial charge is 0.352 e. The highest BCUT2D eigenvalue weighted by molar-refractivity contribution is 7.92. The maximum absolute atomic E-state index is 13.8. The Bertz CT molecular complexity index is 1380. The Morgan fingerprint density at radius 3 is 2.13 bits per heavy atom. The summed E-state index contributed by atoms with van der Waals surface area (Å²) in [4.78, 5) is 27.9. The van der Waals surface area contributed by atoms with Crippen LogP contribution in [0.3, 0.4) is 0 Å². The van der Waals surface area contributed by atoms with Crippen LogP contribution in [0, 0.1) is 12.7 Å². The first-order chi connectivity index (χ1) is 17.9. The number of aryl methyl sites for hydroxylation is 1. The van der Waals surface area contributed by atoms with E-state index in [1.165, 1.54) is 4.90 Å². The van der Waals surface area contributed by atoms with Gasteiger partial charge >= 0.3 is 0 Å². The third kappa shape index (κ3) is 7.11. The first-order valence-corrected chi connectivity index (χ1v) is 13.9. The number of carbonyl (C=O) groups is 2. The molecule has 3 rings (SSSR count). The molecule has 0 spiro atoms. The Labute approximate surface area is 228 Å². The number of anilines is 1. The third-order valence-electron chi connectivity index (χ3n) is 5.90. The van der Waals surface area contributed by atoms with E-state index in [2.05, 4.69) is 5.32 Å². The van der Waals surface area contributed by atoms with Crippen molar-refractivity contribution in [3.8, 4) is 0 Å². The highest BCUT2D eigenvalue weighted by Crippen LogP contribution is 2.26. The normalized spacial score (nSPS) is 12.2. The standard InChI is InChI=1S/C28H31ClFN3O4S/c1-19(2)31-28(35)21(4)32(17-22-7-5-6-8-26(22)29)27(34)18-33(24-13-9-20(3)10-14-24)38(36,37)25-15-11-23(30)12-16-25/h5-16,19,21H,17-18H2,1-4H3,(H,31,35)/t21-/m1/s1. The Balaban J connectivity index is 2.03. The maximum Gasteiger partial charge on any atom is 0.264 e. The Morgan fingerprint density at radius 2 is 1.55 bits per heavy atom. The molecule has 1 N–H and O–H groups in total. The third-order valence-corrected chi connectivity index (χ3v) is 8.06. The molecule has 0 heterocycles. The van der Waals surface area contributed by atoms with Gasteiger partial charge in [-0.25, -0.2) is 12.8 Å². The van der Waals surface area contributed by atoms with E-state index in [1.54, 1.807) is 69.3 Å². The molecule has 1 atom stereocenters. The van der Waals surface area contributed by atoms with Crippen molar-refractivity contribution in [2.24, 2.45) is 0 Å². The lowest BCUT2D eigenvalue weighted by Gasteiger charge is -2.32. The second-order valence-corrected chi connectivity index (χ2v) is 11.5. The van der Waals surface area contributed by atoms with Gasteiger partial charge in [-0.2, -0.15) is 0 Å². The monoisotopic (exact) mass is 559 g/mol. The summed E-state index contributed by atoms with van der Waals surface area (Å²) < 4.78 is 41.9. The van der Waals surface area contributed by atoms with E-state index in [0.29, 0.717) is 10.6 Å².